The summed E-state index contributed by atoms with van der Waals surface area (Å²) in [5.41, 5.74) is 0. The first-order valence-electron chi connectivity index (χ1n) is 46.4. The van der Waals surface area contributed by atoms with Crippen LogP contribution >= 0.6 is 15.6 Å². The molecule has 0 aromatic rings. The predicted molar refractivity (Wildman–Crippen MR) is 491 cm³/mol. The number of esters is 3. The summed E-state index contributed by atoms with van der Waals surface area (Å²) in [5, 5.41) is 20.7. The Bertz CT molecular complexity index is 2810. The average molecular weight is 1680 g/mol. The minimum absolute atomic E-state index is 0.0863. The van der Waals surface area contributed by atoms with E-state index in [0.29, 0.717) is 19.3 Å². The first-order valence-corrected chi connectivity index (χ1v) is 49.4. The van der Waals surface area contributed by atoms with Gasteiger partial charge in [0.25, 0.3) is 0 Å². The molecule has 0 rings (SSSR count). The van der Waals surface area contributed by atoms with Crippen LogP contribution in [0.1, 0.15) is 380 Å². The highest BCUT2D eigenvalue weighted by molar-refractivity contribution is 7.47. The van der Waals surface area contributed by atoms with Gasteiger partial charge < -0.3 is 34.2 Å². The molecule has 0 aliphatic rings. The van der Waals surface area contributed by atoms with Crippen LogP contribution in [0.5, 0.6) is 0 Å². The lowest BCUT2D eigenvalue weighted by atomic mass is 10.0. The van der Waals surface area contributed by atoms with Gasteiger partial charge >= 0.3 is 33.6 Å². The Labute approximate surface area is 713 Å². The lowest BCUT2D eigenvalue weighted by Gasteiger charge is -2.21. The van der Waals surface area contributed by atoms with Crippen molar-refractivity contribution in [2.75, 3.05) is 39.6 Å². The predicted octanol–water partition coefficient (Wildman–Crippen LogP) is 28.7. The molecule has 0 heterocycles. The molecule has 0 radical (unpaired) electrons. The van der Waals surface area contributed by atoms with E-state index in [4.69, 9.17) is 32.3 Å². The molecule has 0 aromatic carbocycles. The van der Waals surface area contributed by atoms with Crippen LogP contribution in [0.15, 0.2) is 170 Å². The Hall–Kier alpha value is -5.09. The molecule has 4 N–H and O–H groups in total. The zero-order valence-electron chi connectivity index (χ0n) is 73.8. The highest BCUT2D eigenvalue weighted by atomic mass is 31.2. The standard InChI is InChI=1S/C99H168O16P2/c1-4-7-10-13-16-19-22-25-28-31-34-36-38-40-42-43-44-45-46-47-48-49-51-53-54-56-59-61-64-67-70-73-76-79-82-85-97(102)109-88-94(100)89-111-116(105,106)112-90-95(101)91-113-117(107,108)114-93-96(115-99(104)87-84-81-78-75-72-69-66-63-58-33-30-27-24-21-18-15-12-9-6-3)92-110-98(103)86-83-80-77-74-71-68-65-62-60-57-55-52-50-41-39-37-35-32-29-26-23-20-17-14-11-8-5-2/h7-8,10-11,16-21,25-30,34-37,40-42,44-45,50,58,63,94-96,100-101H,4-6,9,12-15,22-24,31-33,38-39,43,46-49,51-57,59-62,64-93H2,1-3H3,(H,105,106)(H,107,108)/b10-7-,11-8-,19-16-,20-17-,21-18-,28-25-,29-26-,30-27-,36-34-,37-35-,42-40-,45-44-,50-41-,63-58-. The summed E-state index contributed by atoms with van der Waals surface area (Å²) in [6.07, 6.45) is 117. The highest BCUT2D eigenvalue weighted by Gasteiger charge is 2.29. The van der Waals surface area contributed by atoms with Crippen molar-refractivity contribution in [2.24, 2.45) is 0 Å². The molecule has 0 aliphatic heterocycles. The van der Waals surface area contributed by atoms with Gasteiger partial charge in [0.15, 0.2) is 6.10 Å². The second kappa shape index (κ2) is 90.2. The molecule has 5 unspecified atom stereocenters. The Kier molecular flexibility index (Phi) is 86.2. The number of allylic oxidation sites excluding steroid dienone is 28. The molecule has 0 spiro atoms. The molecule has 16 nitrogen and oxygen atoms in total. The van der Waals surface area contributed by atoms with Crippen molar-refractivity contribution in [1.82, 2.24) is 0 Å². The number of phosphoric acid groups is 2. The third kappa shape index (κ3) is 91.5. The van der Waals surface area contributed by atoms with Crippen molar-refractivity contribution in [3.05, 3.63) is 170 Å². The van der Waals surface area contributed by atoms with E-state index in [9.17, 15) is 43.5 Å². The Balaban J connectivity index is 4.52. The molecule has 0 saturated heterocycles. The molecule has 670 valence electrons. The summed E-state index contributed by atoms with van der Waals surface area (Å²) in [6.45, 7) is 2.45. The van der Waals surface area contributed by atoms with Crippen LogP contribution in [0.3, 0.4) is 0 Å². The summed E-state index contributed by atoms with van der Waals surface area (Å²) in [6, 6.07) is 0. The van der Waals surface area contributed by atoms with Crippen molar-refractivity contribution in [1.29, 1.82) is 0 Å². The van der Waals surface area contributed by atoms with Gasteiger partial charge in [-0.2, -0.15) is 0 Å². The van der Waals surface area contributed by atoms with Gasteiger partial charge in [-0.25, -0.2) is 9.13 Å². The molecular formula is C99H168O16P2. The van der Waals surface area contributed by atoms with Gasteiger partial charge in [-0.05, 0) is 154 Å². The van der Waals surface area contributed by atoms with Crippen LogP contribution in [0.2, 0.25) is 0 Å². The number of phosphoric ester groups is 2. The van der Waals surface area contributed by atoms with Gasteiger partial charge in [0.1, 0.15) is 25.4 Å². The molecule has 18 heteroatoms. The number of rotatable bonds is 87. The maximum atomic E-state index is 13.1. The van der Waals surface area contributed by atoms with E-state index in [0.717, 1.165) is 180 Å². The Morgan fingerprint density at radius 3 is 0.718 bits per heavy atom. The maximum absolute atomic E-state index is 13.1. The van der Waals surface area contributed by atoms with Crippen molar-refractivity contribution >= 4 is 33.6 Å². The minimum Gasteiger partial charge on any atom is -0.463 e. The number of aliphatic hydroxyl groups is 2. The largest absolute Gasteiger partial charge is 0.472 e. The summed E-state index contributed by atoms with van der Waals surface area (Å²) in [7, 11) is -9.81. The Morgan fingerprint density at radius 2 is 0.453 bits per heavy atom. The fourth-order valence-corrected chi connectivity index (χ4v) is 14.0. The van der Waals surface area contributed by atoms with Gasteiger partial charge in [-0.3, -0.25) is 32.5 Å². The zero-order chi connectivity index (χ0) is 85.1. The topological polar surface area (TPSA) is 231 Å². The maximum Gasteiger partial charge on any atom is 0.472 e. The van der Waals surface area contributed by atoms with E-state index in [1.807, 2.05) is 0 Å². The van der Waals surface area contributed by atoms with E-state index in [1.165, 1.54) is 141 Å². The van der Waals surface area contributed by atoms with Crippen LogP contribution in [0, 0.1) is 0 Å². The van der Waals surface area contributed by atoms with Crippen LogP contribution in [0.4, 0.5) is 0 Å². The molecule has 0 saturated carbocycles. The third-order valence-electron chi connectivity index (χ3n) is 19.4. The van der Waals surface area contributed by atoms with Gasteiger partial charge in [0.2, 0.25) is 0 Å². The van der Waals surface area contributed by atoms with E-state index in [-0.39, 0.29) is 19.3 Å². The number of aliphatic hydroxyl groups excluding tert-OH is 2. The fourth-order valence-electron chi connectivity index (χ4n) is 12.4. The number of carbonyl (C=O) groups excluding carboxylic acids is 3. The number of hydrogen-bond donors (Lipinski definition) is 4. The molecule has 5 atom stereocenters. The van der Waals surface area contributed by atoms with Crippen molar-refractivity contribution < 1.29 is 75.8 Å². The fraction of sp³-hybridized carbons (Fsp3) is 0.687. The minimum atomic E-state index is -4.95. The number of unbranched alkanes of at least 4 members (excludes halogenated alkanes) is 36. The van der Waals surface area contributed by atoms with Crippen LogP contribution in [-0.4, -0.2) is 95.9 Å². The molecule has 0 aliphatic carbocycles. The SMILES string of the molecule is CC/C=C\C/C=C\C/C=C\C/C=C\C/C=C\C/C=C\CCCCCCCCCCCCCCCCCCC(=O)OCC(O)COP(=O)(O)OCC(O)COP(=O)(O)OCC(COC(=O)CCCCCCCCCCCCC/C=C\C/C=C\C/C=C\C/C=C\C/C=C\CC)OC(=O)CCCCCCCC/C=C\C/C=C\C/C=C\CCCCC. The quantitative estimate of drug-likeness (QED) is 0.0146. The van der Waals surface area contributed by atoms with Crippen LogP contribution in [-0.2, 0) is 55.8 Å². The van der Waals surface area contributed by atoms with Gasteiger partial charge in [-0.1, -0.05) is 377 Å². The van der Waals surface area contributed by atoms with Gasteiger partial charge in [-0.15, -0.1) is 0 Å². The lowest BCUT2D eigenvalue weighted by molar-refractivity contribution is -0.161. The van der Waals surface area contributed by atoms with Gasteiger partial charge in [0.05, 0.1) is 26.4 Å². The first kappa shape index (κ1) is 112. The second-order valence-corrected chi connectivity index (χ2v) is 33.6. The third-order valence-corrected chi connectivity index (χ3v) is 21.3. The highest BCUT2D eigenvalue weighted by Crippen LogP contribution is 2.45. The smallest absolute Gasteiger partial charge is 0.463 e. The van der Waals surface area contributed by atoms with E-state index in [1.54, 1.807) is 0 Å². The van der Waals surface area contributed by atoms with E-state index >= 15 is 0 Å². The Morgan fingerprint density at radius 1 is 0.248 bits per heavy atom. The van der Waals surface area contributed by atoms with Crippen molar-refractivity contribution in [3.8, 4) is 0 Å². The van der Waals surface area contributed by atoms with E-state index < -0.39 is 91.5 Å². The summed E-state index contributed by atoms with van der Waals surface area (Å²) in [4.78, 5) is 59.0. The van der Waals surface area contributed by atoms with Crippen LogP contribution in [0.25, 0.3) is 0 Å². The second-order valence-electron chi connectivity index (χ2n) is 30.7. The summed E-state index contributed by atoms with van der Waals surface area (Å²) >= 11 is 0. The number of hydrogen-bond acceptors (Lipinski definition) is 14. The molecule has 117 heavy (non-hydrogen) atoms. The molecule has 0 amide bonds. The first-order chi connectivity index (χ1) is 57.2. The molecule has 0 bridgehead atoms. The summed E-state index contributed by atoms with van der Waals surface area (Å²) < 4.78 is 61.5. The number of carbonyl (C=O) groups is 3. The molecule has 0 aromatic heterocycles. The van der Waals surface area contributed by atoms with Gasteiger partial charge in [0, 0.05) is 19.3 Å². The number of ether oxygens (including phenoxy) is 3. The average Bonchev–Trinajstić information content (AvgIpc) is 0.904. The van der Waals surface area contributed by atoms with Crippen LogP contribution < -0.4 is 0 Å². The molecule has 0 fully saturated rings. The lowest BCUT2D eigenvalue weighted by Crippen LogP contribution is -2.30. The van der Waals surface area contributed by atoms with Crippen molar-refractivity contribution in [2.45, 2.75) is 399 Å². The monoisotopic (exact) mass is 1680 g/mol. The molecular weight excluding hydrogens is 1510 g/mol. The zero-order valence-corrected chi connectivity index (χ0v) is 75.6. The summed E-state index contributed by atoms with van der Waals surface area (Å²) in [5.74, 6) is -1.59. The van der Waals surface area contributed by atoms with E-state index in [2.05, 4.69) is 191 Å². The van der Waals surface area contributed by atoms with Crippen molar-refractivity contribution in [3.63, 3.8) is 0 Å². The normalized spacial score (nSPS) is 14.6.